The molecule has 0 fully saturated rings. The number of hydrogen-bond donors (Lipinski definition) is 1. The first kappa shape index (κ1) is 8.01. The minimum absolute atomic E-state index is 0.168. The Bertz CT molecular complexity index is 56.4. The van der Waals surface area contributed by atoms with E-state index in [1.165, 1.54) is 12.0 Å². The molecular formula is C5H10O2S. The van der Waals surface area contributed by atoms with Crippen molar-refractivity contribution in [3.05, 3.63) is 12.7 Å². The summed E-state index contributed by atoms with van der Waals surface area (Å²) in [5.74, 6) is 0.633. The number of hydrogen-bond acceptors (Lipinski definition) is 3. The molecule has 0 saturated carbocycles. The zero-order chi connectivity index (χ0) is 6.24. The second kappa shape index (κ2) is 7.01. The third-order valence-electron chi connectivity index (χ3n) is 0.444. The molecule has 0 amide bonds. The molecule has 0 aromatic carbocycles. The highest BCUT2D eigenvalue weighted by molar-refractivity contribution is 7.94. The van der Waals surface area contributed by atoms with Gasteiger partial charge in [-0.1, -0.05) is 6.08 Å². The van der Waals surface area contributed by atoms with Crippen molar-refractivity contribution in [1.29, 1.82) is 0 Å². The van der Waals surface area contributed by atoms with Gasteiger partial charge in [0.1, 0.15) is 0 Å². The Labute approximate surface area is 53.7 Å². The van der Waals surface area contributed by atoms with Crippen LogP contribution in [0.25, 0.3) is 0 Å². The molecule has 0 aliphatic rings. The van der Waals surface area contributed by atoms with E-state index in [1.807, 2.05) is 0 Å². The van der Waals surface area contributed by atoms with E-state index < -0.39 is 0 Å². The largest absolute Gasteiger partial charge is 0.395 e. The predicted molar refractivity (Wildman–Crippen MR) is 35.7 cm³/mol. The first-order valence-corrected chi connectivity index (χ1v) is 3.29. The van der Waals surface area contributed by atoms with Crippen LogP contribution < -0.4 is 0 Å². The van der Waals surface area contributed by atoms with Crippen molar-refractivity contribution in [2.45, 2.75) is 0 Å². The van der Waals surface area contributed by atoms with Crippen molar-refractivity contribution in [1.82, 2.24) is 0 Å². The smallest absolute Gasteiger partial charge is 0.0792 e. The Morgan fingerprint density at radius 2 is 2.50 bits per heavy atom. The lowest BCUT2D eigenvalue weighted by atomic mass is 10.7. The van der Waals surface area contributed by atoms with Crippen LogP contribution in [0.1, 0.15) is 0 Å². The maximum atomic E-state index is 8.24. The van der Waals surface area contributed by atoms with E-state index in [-0.39, 0.29) is 6.61 Å². The molecule has 0 aliphatic heterocycles. The highest BCUT2D eigenvalue weighted by Gasteiger charge is 1.81. The van der Waals surface area contributed by atoms with Gasteiger partial charge in [-0.05, 0) is 12.0 Å². The SMILES string of the molecule is C=CCOSCCO. The van der Waals surface area contributed by atoms with Crippen molar-refractivity contribution >= 4 is 12.0 Å². The fourth-order valence-corrected chi connectivity index (χ4v) is 0.577. The molecule has 0 heterocycles. The minimum Gasteiger partial charge on any atom is -0.395 e. The third-order valence-corrected chi connectivity index (χ3v) is 1.10. The fourth-order valence-electron chi connectivity index (χ4n) is 0.192. The summed E-state index contributed by atoms with van der Waals surface area (Å²) >= 11 is 1.26. The lowest BCUT2D eigenvalue weighted by Gasteiger charge is -1.93. The summed E-state index contributed by atoms with van der Waals surface area (Å²) in [7, 11) is 0. The molecule has 0 aliphatic carbocycles. The molecule has 3 heteroatoms. The van der Waals surface area contributed by atoms with Gasteiger partial charge < -0.3 is 9.29 Å². The molecule has 0 unspecified atom stereocenters. The maximum absolute atomic E-state index is 8.24. The van der Waals surface area contributed by atoms with E-state index in [2.05, 4.69) is 6.58 Å². The van der Waals surface area contributed by atoms with Gasteiger partial charge in [0.05, 0.1) is 13.2 Å². The van der Waals surface area contributed by atoms with Crippen molar-refractivity contribution in [2.75, 3.05) is 19.0 Å². The standard InChI is InChI=1S/C5H10O2S/c1-2-4-7-8-5-3-6/h2,6H,1,3-5H2. The Balaban J connectivity index is 2.62. The summed E-state index contributed by atoms with van der Waals surface area (Å²) in [6.45, 7) is 4.17. The second-order valence-electron chi connectivity index (χ2n) is 1.12. The van der Waals surface area contributed by atoms with E-state index in [4.69, 9.17) is 9.29 Å². The van der Waals surface area contributed by atoms with Crippen molar-refractivity contribution < 1.29 is 9.29 Å². The lowest BCUT2D eigenvalue weighted by Crippen LogP contribution is -1.87. The monoisotopic (exact) mass is 134 g/mol. The van der Waals surface area contributed by atoms with Crippen LogP contribution in [0.2, 0.25) is 0 Å². The summed E-state index contributed by atoms with van der Waals surface area (Å²) in [5.41, 5.74) is 0. The second-order valence-corrected chi connectivity index (χ2v) is 2.00. The van der Waals surface area contributed by atoms with Crippen LogP contribution in [0, 0.1) is 0 Å². The first-order valence-electron chi connectivity index (χ1n) is 2.38. The molecule has 0 saturated heterocycles. The normalized spacial score (nSPS) is 9.12. The van der Waals surface area contributed by atoms with E-state index in [0.717, 1.165) is 0 Å². The molecule has 0 radical (unpaired) electrons. The van der Waals surface area contributed by atoms with Gasteiger partial charge in [0.25, 0.3) is 0 Å². The van der Waals surface area contributed by atoms with E-state index in [9.17, 15) is 0 Å². The molecule has 1 N–H and O–H groups in total. The van der Waals surface area contributed by atoms with Crippen molar-refractivity contribution in [2.24, 2.45) is 0 Å². The molecule has 0 rings (SSSR count). The van der Waals surface area contributed by atoms with Crippen LogP contribution in [-0.4, -0.2) is 24.1 Å². The average Bonchev–Trinajstić information content (AvgIpc) is 1.81. The van der Waals surface area contributed by atoms with Crippen molar-refractivity contribution in [3.8, 4) is 0 Å². The van der Waals surface area contributed by atoms with Gasteiger partial charge in [-0.15, -0.1) is 6.58 Å². The van der Waals surface area contributed by atoms with E-state index >= 15 is 0 Å². The zero-order valence-electron chi connectivity index (χ0n) is 4.67. The van der Waals surface area contributed by atoms with Crippen LogP contribution in [0.15, 0.2) is 12.7 Å². The number of aliphatic hydroxyl groups excluding tert-OH is 1. The molecule has 0 aromatic heterocycles. The Kier molecular flexibility index (Phi) is 7.02. The third kappa shape index (κ3) is 6.01. The van der Waals surface area contributed by atoms with Gasteiger partial charge in [0.2, 0.25) is 0 Å². The van der Waals surface area contributed by atoms with Gasteiger partial charge >= 0.3 is 0 Å². The molecular weight excluding hydrogens is 124 g/mol. The van der Waals surface area contributed by atoms with Crippen LogP contribution >= 0.6 is 12.0 Å². The van der Waals surface area contributed by atoms with Gasteiger partial charge in [0, 0.05) is 5.75 Å². The quantitative estimate of drug-likeness (QED) is 0.343. The van der Waals surface area contributed by atoms with Gasteiger partial charge in [-0.25, -0.2) is 0 Å². The summed E-state index contributed by atoms with van der Waals surface area (Å²) in [5, 5.41) is 8.24. The van der Waals surface area contributed by atoms with Crippen LogP contribution in [-0.2, 0) is 4.18 Å². The Morgan fingerprint density at radius 3 is 3.00 bits per heavy atom. The zero-order valence-corrected chi connectivity index (χ0v) is 5.49. The van der Waals surface area contributed by atoms with Crippen molar-refractivity contribution in [3.63, 3.8) is 0 Å². The summed E-state index contributed by atoms with van der Waals surface area (Å²) < 4.78 is 4.86. The molecule has 0 aromatic rings. The molecule has 2 nitrogen and oxygen atoms in total. The Morgan fingerprint density at radius 1 is 1.75 bits per heavy atom. The molecule has 0 spiro atoms. The van der Waals surface area contributed by atoms with Crippen LogP contribution in [0.4, 0.5) is 0 Å². The fraction of sp³-hybridized carbons (Fsp3) is 0.600. The first-order chi connectivity index (χ1) is 3.91. The van der Waals surface area contributed by atoms with Gasteiger partial charge in [-0.3, -0.25) is 0 Å². The lowest BCUT2D eigenvalue weighted by molar-refractivity contribution is 0.318. The van der Waals surface area contributed by atoms with E-state index in [1.54, 1.807) is 6.08 Å². The topological polar surface area (TPSA) is 29.5 Å². The summed E-state index contributed by atoms with van der Waals surface area (Å²) in [4.78, 5) is 0. The van der Waals surface area contributed by atoms with Crippen LogP contribution in [0.5, 0.6) is 0 Å². The molecule has 8 heavy (non-hydrogen) atoms. The highest BCUT2D eigenvalue weighted by Crippen LogP contribution is 1.98. The van der Waals surface area contributed by atoms with Gasteiger partial charge in [0.15, 0.2) is 0 Å². The average molecular weight is 134 g/mol. The highest BCUT2D eigenvalue weighted by atomic mass is 32.2. The molecule has 0 bridgehead atoms. The van der Waals surface area contributed by atoms with Gasteiger partial charge in [-0.2, -0.15) is 0 Å². The Hall–Kier alpha value is 0.01000. The minimum atomic E-state index is 0.168. The predicted octanol–water partition coefficient (Wildman–Crippen LogP) is 0.829. The number of aliphatic hydroxyl groups is 1. The maximum Gasteiger partial charge on any atom is 0.0792 e. The molecule has 0 atom stereocenters. The summed E-state index contributed by atoms with van der Waals surface area (Å²) in [6, 6.07) is 0. The van der Waals surface area contributed by atoms with Crippen LogP contribution in [0.3, 0.4) is 0 Å². The summed E-state index contributed by atoms with van der Waals surface area (Å²) in [6.07, 6.45) is 1.67. The number of rotatable bonds is 5. The van der Waals surface area contributed by atoms with E-state index in [0.29, 0.717) is 12.4 Å². The molecule has 48 valence electrons.